The molecule has 24 heavy (non-hydrogen) atoms. The molecular weight excluding hydrogens is 348 g/mol. The summed E-state index contributed by atoms with van der Waals surface area (Å²) in [5.74, 6) is -2.64. The van der Waals surface area contributed by atoms with Crippen molar-refractivity contribution in [1.82, 2.24) is 0 Å². The Morgan fingerprint density at radius 1 is 0.875 bits per heavy atom. The lowest BCUT2D eigenvalue weighted by atomic mass is 10.3. The quantitative estimate of drug-likeness (QED) is 0.472. The van der Waals surface area contributed by atoms with Crippen LogP contribution in [-0.2, 0) is 9.59 Å². The Labute approximate surface area is 155 Å². The fourth-order valence-corrected chi connectivity index (χ4v) is 3.85. The number of nitrogens with one attached hydrogen (secondary N) is 2. The first-order chi connectivity index (χ1) is 13.8. The van der Waals surface area contributed by atoms with Crippen LogP contribution < -0.4 is 10.6 Å². The van der Waals surface area contributed by atoms with Crippen molar-refractivity contribution in [2.75, 3.05) is 10.6 Å². The minimum absolute atomic E-state index is 0.147. The lowest BCUT2D eigenvalue weighted by Gasteiger charge is -2.09. The summed E-state index contributed by atoms with van der Waals surface area (Å²) in [7, 11) is 1.97. The first-order valence-electron chi connectivity index (χ1n) is 9.41. The second kappa shape index (κ2) is 7.98. The van der Waals surface area contributed by atoms with Gasteiger partial charge < -0.3 is 20.8 Å². The number of benzene rings is 2. The molecule has 0 aliphatic rings. The molecule has 2 amide bonds. The van der Waals surface area contributed by atoms with Gasteiger partial charge in [0.1, 0.15) is 11.5 Å². The molecule has 6 nitrogen and oxygen atoms in total. The predicted octanol–water partition coefficient (Wildman–Crippen LogP) is 3.81. The molecule has 0 saturated carbocycles. The molecule has 0 atom stereocenters. The number of phenolic OH excluding ortho intramolecular Hbond substituents is 2. The number of anilines is 2. The Morgan fingerprint density at radius 3 is 1.67 bits per heavy atom. The van der Waals surface area contributed by atoms with Gasteiger partial charge in [0.05, 0.1) is 9.79 Å². The van der Waals surface area contributed by atoms with E-state index in [1.807, 2.05) is 0 Å². The van der Waals surface area contributed by atoms with Gasteiger partial charge in [0.15, 0.2) is 0 Å². The van der Waals surface area contributed by atoms with Crippen molar-refractivity contribution in [3.8, 4) is 11.5 Å². The molecule has 0 bridgehead atoms. The van der Waals surface area contributed by atoms with Crippen molar-refractivity contribution in [3.05, 3.63) is 36.4 Å². The highest BCUT2D eigenvalue weighted by Gasteiger charge is 2.10. The summed E-state index contributed by atoms with van der Waals surface area (Å²) in [6, 6.07) is 7.91. The summed E-state index contributed by atoms with van der Waals surface area (Å²) in [4.78, 5) is 23.7. The van der Waals surface area contributed by atoms with Crippen LogP contribution in [0.15, 0.2) is 46.2 Å². The van der Waals surface area contributed by atoms with Gasteiger partial charge in [0, 0.05) is 33.3 Å². The van der Waals surface area contributed by atoms with Gasteiger partial charge in [0.25, 0.3) is 0 Å². The molecular formula is C16H16N2O4S2. The van der Waals surface area contributed by atoms with Crippen molar-refractivity contribution >= 4 is 44.8 Å². The Bertz CT molecular complexity index is 888. The molecule has 0 spiro atoms. The van der Waals surface area contributed by atoms with Crippen molar-refractivity contribution in [3.63, 3.8) is 0 Å². The summed E-state index contributed by atoms with van der Waals surface area (Å²) in [5.41, 5.74) is 0.305. The van der Waals surface area contributed by atoms with Crippen LogP contribution in [0.2, 0.25) is 0 Å². The number of amides is 2. The molecule has 0 aliphatic carbocycles. The van der Waals surface area contributed by atoms with E-state index in [9.17, 15) is 19.8 Å². The zero-order valence-electron chi connectivity index (χ0n) is 18.0. The maximum atomic E-state index is 11.6. The summed E-state index contributed by atoms with van der Waals surface area (Å²) in [6.07, 6.45) is 0. The molecule has 0 aromatic heterocycles. The topological polar surface area (TPSA) is 98.7 Å². The second-order valence-electron chi connectivity index (χ2n) is 4.44. The van der Waals surface area contributed by atoms with Crippen LogP contribution in [0, 0.1) is 0 Å². The lowest BCUT2D eigenvalue weighted by Crippen LogP contribution is -2.05. The normalized spacial score (nSPS) is 15.0. The van der Waals surface area contributed by atoms with Crippen molar-refractivity contribution < 1.29 is 28.0 Å². The average molecular weight is 370 g/mol. The van der Waals surface area contributed by atoms with Crippen LogP contribution in [0.3, 0.4) is 0 Å². The minimum Gasteiger partial charge on any atom is -0.507 e. The van der Waals surface area contributed by atoms with Crippen LogP contribution in [0.5, 0.6) is 11.5 Å². The van der Waals surface area contributed by atoms with Crippen LogP contribution in [-0.4, -0.2) is 22.0 Å². The van der Waals surface area contributed by atoms with Gasteiger partial charge in [-0.25, -0.2) is 0 Å². The maximum Gasteiger partial charge on any atom is 0.221 e. The number of carbonyl (C=O) groups excluding carboxylic acids is 2. The fourth-order valence-electron chi connectivity index (χ4n) is 1.67. The summed E-state index contributed by atoms with van der Waals surface area (Å²) >= 11 is 0. The fraction of sp³-hybridized carbons (Fsp3) is 0.125. The Hall–Kier alpha value is -2.32. The first kappa shape index (κ1) is 11.3. The van der Waals surface area contributed by atoms with Crippen LogP contribution in [0.4, 0.5) is 11.4 Å². The van der Waals surface area contributed by atoms with Gasteiger partial charge >= 0.3 is 0 Å². The monoisotopic (exact) mass is 370 g/mol. The van der Waals surface area contributed by atoms with Gasteiger partial charge in [-0.05, 0) is 58.0 Å². The lowest BCUT2D eigenvalue weighted by molar-refractivity contribution is -0.115. The summed E-state index contributed by atoms with van der Waals surface area (Å²) in [6.45, 7) is -5.66. The van der Waals surface area contributed by atoms with Crippen LogP contribution in [0.1, 0.15) is 21.9 Å². The second-order valence-corrected chi connectivity index (χ2v) is 6.65. The van der Waals surface area contributed by atoms with E-state index >= 15 is 0 Å². The summed E-state index contributed by atoms with van der Waals surface area (Å²) < 4.78 is 42.5. The number of phenols is 2. The predicted molar refractivity (Wildman–Crippen MR) is 96.5 cm³/mol. The molecule has 0 saturated heterocycles. The molecule has 0 heterocycles. The molecule has 0 aliphatic heterocycles. The highest BCUT2D eigenvalue weighted by atomic mass is 33.1. The average Bonchev–Trinajstić information content (AvgIpc) is 2.62. The molecule has 0 fully saturated rings. The number of aromatic hydroxyl groups is 2. The SMILES string of the molecule is [2H]C([2H])([2H])C(=O)Nc1ccc(O)c(SSc2cc(NC(=O)C([2H])([2H])[2H])ccc2O)c1. The maximum absolute atomic E-state index is 11.6. The van der Waals surface area contributed by atoms with Gasteiger partial charge in [-0.3, -0.25) is 9.59 Å². The van der Waals surface area contributed by atoms with Crippen molar-refractivity contribution in [2.45, 2.75) is 23.5 Å². The van der Waals surface area contributed by atoms with Gasteiger partial charge in [-0.1, -0.05) is 0 Å². The summed E-state index contributed by atoms with van der Waals surface area (Å²) in [5, 5.41) is 24.4. The molecule has 2 aromatic rings. The Morgan fingerprint density at radius 2 is 1.29 bits per heavy atom. The number of carbonyl (C=O) groups is 2. The van der Waals surface area contributed by atoms with Gasteiger partial charge in [0.2, 0.25) is 11.8 Å². The third-order valence-electron chi connectivity index (χ3n) is 2.66. The molecule has 2 rings (SSSR count). The number of hydrogen-bond acceptors (Lipinski definition) is 6. The van der Waals surface area contributed by atoms with E-state index in [0.717, 1.165) is 21.6 Å². The molecule has 0 unspecified atom stereocenters. The minimum atomic E-state index is -2.83. The number of hydrogen-bond donors (Lipinski definition) is 4. The standard InChI is InChI=1S/C16H16N2O4S2/c1-9(19)17-11-3-5-13(21)15(7-11)23-24-16-8-12(18-10(2)20)4-6-14(16)22/h3-8,21-22H,1-2H3,(H,17,19)(H,18,20)/i1D3,2D3. The molecule has 2 aromatic carbocycles. The largest absolute Gasteiger partial charge is 0.507 e. The first-order valence-corrected chi connectivity index (χ1v) is 8.56. The Kier molecular flexibility index (Phi) is 3.75. The smallest absolute Gasteiger partial charge is 0.221 e. The highest BCUT2D eigenvalue weighted by Crippen LogP contribution is 2.45. The zero-order valence-corrected chi connectivity index (χ0v) is 13.6. The van der Waals surface area contributed by atoms with Gasteiger partial charge in [-0.15, -0.1) is 0 Å². The van der Waals surface area contributed by atoms with E-state index in [4.69, 9.17) is 8.22 Å². The van der Waals surface area contributed by atoms with Crippen molar-refractivity contribution in [2.24, 2.45) is 0 Å². The molecule has 0 radical (unpaired) electrons. The van der Waals surface area contributed by atoms with Gasteiger partial charge in [-0.2, -0.15) is 0 Å². The van der Waals surface area contributed by atoms with Crippen LogP contribution in [0.25, 0.3) is 0 Å². The number of rotatable bonds is 5. The molecule has 4 N–H and O–H groups in total. The third-order valence-corrected chi connectivity index (χ3v) is 5.08. The van der Waals surface area contributed by atoms with Crippen LogP contribution >= 0.6 is 21.6 Å². The third kappa shape index (κ3) is 5.10. The van der Waals surface area contributed by atoms with E-state index in [0.29, 0.717) is 0 Å². The van der Waals surface area contributed by atoms with E-state index in [2.05, 4.69) is 10.6 Å². The zero-order chi connectivity index (χ0) is 22.7. The van der Waals surface area contributed by atoms with E-state index in [-0.39, 0.29) is 32.7 Å². The van der Waals surface area contributed by atoms with Crippen molar-refractivity contribution in [1.29, 1.82) is 0 Å². The molecule has 126 valence electrons. The van der Waals surface area contributed by atoms with E-state index < -0.39 is 25.5 Å². The van der Waals surface area contributed by atoms with E-state index in [1.54, 1.807) is 0 Å². The Balaban J connectivity index is 2.15. The van der Waals surface area contributed by atoms with E-state index in [1.165, 1.54) is 36.4 Å². The highest BCUT2D eigenvalue weighted by molar-refractivity contribution is 8.76. The molecule has 8 heteroatoms.